The normalized spacial score (nSPS) is 15.3. The molecule has 0 fully saturated rings. The molecular formula is C7H8BrNO3S. The van der Waals surface area contributed by atoms with Crippen molar-refractivity contribution in [3.63, 3.8) is 0 Å². The maximum atomic E-state index is 10.5. The predicted octanol–water partition coefficient (Wildman–Crippen LogP) is 0.390. The van der Waals surface area contributed by atoms with E-state index in [4.69, 9.17) is 10.8 Å². The smallest absolute Gasteiger partial charge is 0.249 e. The van der Waals surface area contributed by atoms with Gasteiger partial charge in [-0.2, -0.15) is 11.3 Å². The molecule has 0 bridgehead atoms. The van der Waals surface area contributed by atoms with Crippen molar-refractivity contribution < 1.29 is 15.0 Å². The maximum absolute atomic E-state index is 10.5. The molecule has 4 nitrogen and oxygen atoms in total. The lowest BCUT2D eigenvalue weighted by Crippen LogP contribution is -2.33. The van der Waals surface area contributed by atoms with Gasteiger partial charge in [0.25, 0.3) is 0 Å². The predicted molar refractivity (Wildman–Crippen MR) is 52.2 cm³/mol. The number of aliphatic hydroxyl groups excluding tert-OH is 2. The van der Waals surface area contributed by atoms with Crippen LogP contribution in [-0.4, -0.2) is 22.2 Å². The molecule has 0 spiro atoms. The summed E-state index contributed by atoms with van der Waals surface area (Å²) in [5.41, 5.74) is 5.30. The number of carbonyl (C=O) groups excluding carboxylic acids is 1. The van der Waals surface area contributed by atoms with E-state index in [0.29, 0.717) is 10.0 Å². The fourth-order valence-electron chi connectivity index (χ4n) is 0.828. The molecule has 0 aliphatic carbocycles. The summed E-state index contributed by atoms with van der Waals surface area (Å²) in [4.78, 5) is 10.5. The molecule has 2 unspecified atom stereocenters. The van der Waals surface area contributed by atoms with Crippen molar-refractivity contribution in [3.8, 4) is 0 Å². The van der Waals surface area contributed by atoms with E-state index < -0.39 is 18.1 Å². The molecular weight excluding hydrogens is 258 g/mol. The first-order valence-electron chi connectivity index (χ1n) is 3.41. The van der Waals surface area contributed by atoms with Crippen LogP contribution in [0.4, 0.5) is 0 Å². The summed E-state index contributed by atoms with van der Waals surface area (Å²) in [6.07, 6.45) is -2.83. The van der Waals surface area contributed by atoms with Crippen molar-refractivity contribution >= 4 is 33.2 Å². The quantitative estimate of drug-likeness (QED) is 0.740. The number of hydrogen-bond acceptors (Lipinski definition) is 4. The molecule has 2 atom stereocenters. The second-order valence-corrected chi connectivity index (χ2v) is 4.07. The average molecular weight is 266 g/mol. The average Bonchev–Trinajstić information content (AvgIpc) is 2.48. The SMILES string of the molecule is NC(=O)C(O)C(O)c1cscc1Br. The van der Waals surface area contributed by atoms with Crippen LogP contribution >= 0.6 is 27.3 Å². The number of thiophene rings is 1. The van der Waals surface area contributed by atoms with Crippen LogP contribution in [0, 0.1) is 0 Å². The minimum Gasteiger partial charge on any atom is -0.385 e. The van der Waals surface area contributed by atoms with Gasteiger partial charge in [-0.3, -0.25) is 4.79 Å². The number of hydrogen-bond donors (Lipinski definition) is 3. The summed E-state index contributed by atoms with van der Waals surface area (Å²) in [7, 11) is 0. The fourth-order valence-corrected chi connectivity index (χ4v) is 2.39. The Kier molecular flexibility index (Phi) is 3.43. The molecule has 0 saturated heterocycles. The zero-order chi connectivity index (χ0) is 10.0. The van der Waals surface area contributed by atoms with Crippen LogP contribution in [0.1, 0.15) is 11.7 Å². The Hall–Kier alpha value is -0.430. The topological polar surface area (TPSA) is 83.6 Å². The van der Waals surface area contributed by atoms with E-state index in [1.165, 1.54) is 11.3 Å². The summed E-state index contributed by atoms with van der Waals surface area (Å²) in [5, 5.41) is 22.0. The molecule has 72 valence electrons. The Bertz CT molecular complexity index is 314. The molecule has 0 aliphatic rings. The second kappa shape index (κ2) is 4.19. The number of aliphatic hydroxyl groups is 2. The van der Waals surface area contributed by atoms with E-state index in [1.807, 2.05) is 0 Å². The van der Waals surface area contributed by atoms with E-state index in [1.54, 1.807) is 10.8 Å². The number of carbonyl (C=O) groups is 1. The zero-order valence-electron chi connectivity index (χ0n) is 6.48. The first kappa shape index (κ1) is 10.6. The summed E-state index contributed by atoms with van der Waals surface area (Å²) < 4.78 is 0.658. The van der Waals surface area contributed by atoms with Gasteiger partial charge in [-0.25, -0.2) is 0 Å². The fraction of sp³-hybridized carbons (Fsp3) is 0.286. The van der Waals surface area contributed by atoms with Crippen LogP contribution < -0.4 is 5.73 Å². The third-order valence-corrected chi connectivity index (χ3v) is 3.30. The summed E-state index contributed by atoms with van der Waals surface area (Å²) in [5.74, 6) is -0.939. The van der Waals surface area contributed by atoms with Gasteiger partial charge in [-0.15, -0.1) is 0 Å². The summed E-state index contributed by atoms with van der Waals surface area (Å²) in [6.45, 7) is 0. The van der Waals surface area contributed by atoms with Gasteiger partial charge >= 0.3 is 0 Å². The van der Waals surface area contributed by atoms with Crippen molar-refractivity contribution in [2.75, 3.05) is 0 Å². The largest absolute Gasteiger partial charge is 0.385 e. The molecule has 1 aromatic rings. The van der Waals surface area contributed by atoms with Gasteiger partial charge in [-0.05, 0) is 21.3 Å². The molecule has 0 aliphatic heterocycles. The highest BCUT2D eigenvalue weighted by Crippen LogP contribution is 2.28. The monoisotopic (exact) mass is 265 g/mol. The molecule has 1 heterocycles. The molecule has 1 amide bonds. The van der Waals surface area contributed by atoms with Crippen LogP contribution in [0.25, 0.3) is 0 Å². The van der Waals surface area contributed by atoms with Gasteiger partial charge in [0.05, 0.1) is 0 Å². The van der Waals surface area contributed by atoms with E-state index in [0.717, 1.165) is 0 Å². The molecule has 6 heteroatoms. The van der Waals surface area contributed by atoms with Crippen LogP contribution in [0.2, 0.25) is 0 Å². The van der Waals surface area contributed by atoms with Crippen molar-refractivity contribution in [2.24, 2.45) is 5.73 Å². The first-order chi connectivity index (χ1) is 6.04. The number of nitrogens with two attached hydrogens (primary N) is 1. The van der Waals surface area contributed by atoms with Gasteiger partial charge in [0.1, 0.15) is 6.10 Å². The van der Waals surface area contributed by atoms with Crippen molar-refractivity contribution in [2.45, 2.75) is 12.2 Å². The van der Waals surface area contributed by atoms with Crippen LogP contribution in [-0.2, 0) is 4.79 Å². The van der Waals surface area contributed by atoms with Gasteiger partial charge in [0, 0.05) is 15.4 Å². The van der Waals surface area contributed by atoms with E-state index >= 15 is 0 Å². The van der Waals surface area contributed by atoms with Gasteiger partial charge in [0.15, 0.2) is 6.10 Å². The first-order valence-corrected chi connectivity index (χ1v) is 5.14. The second-order valence-electron chi connectivity index (χ2n) is 2.47. The van der Waals surface area contributed by atoms with E-state index in [2.05, 4.69) is 15.9 Å². The Morgan fingerprint density at radius 2 is 2.15 bits per heavy atom. The Morgan fingerprint density at radius 3 is 2.54 bits per heavy atom. The molecule has 1 aromatic heterocycles. The summed E-state index contributed by atoms with van der Waals surface area (Å²) in [6, 6.07) is 0. The van der Waals surface area contributed by atoms with Crippen molar-refractivity contribution in [1.29, 1.82) is 0 Å². The Labute approximate surface area is 87.1 Å². The number of rotatable bonds is 3. The minimum absolute atomic E-state index is 0.469. The summed E-state index contributed by atoms with van der Waals surface area (Å²) >= 11 is 4.53. The van der Waals surface area contributed by atoms with Crippen LogP contribution in [0.15, 0.2) is 15.2 Å². The van der Waals surface area contributed by atoms with Crippen molar-refractivity contribution in [3.05, 3.63) is 20.8 Å². The van der Waals surface area contributed by atoms with E-state index in [9.17, 15) is 9.90 Å². The lowest BCUT2D eigenvalue weighted by molar-refractivity contribution is -0.131. The highest BCUT2D eigenvalue weighted by Gasteiger charge is 2.25. The Morgan fingerprint density at radius 1 is 1.54 bits per heavy atom. The highest BCUT2D eigenvalue weighted by molar-refractivity contribution is 9.10. The number of amides is 1. The molecule has 0 aromatic carbocycles. The van der Waals surface area contributed by atoms with Gasteiger partial charge in [0.2, 0.25) is 5.91 Å². The maximum Gasteiger partial charge on any atom is 0.249 e. The highest BCUT2D eigenvalue weighted by atomic mass is 79.9. The molecule has 0 radical (unpaired) electrons. The number of primary amides is 1. The Balaban J connectivity index is 2.85. The third kappa shape index (κ3) is 2.28. The van der Waals surface area contributed by atoms with Gasteiger partial charge in [-0.1, -0.05) is 0 Å². The molecule has 0 saturated carbocycles. The van der Waals surface area contributed by atoms with E-state index in [-0.39, 0.29) is 0 Å². The molecule has 1 rings (SSSR count). The van der Waals surface area contributed by atoms with Crippen LogP contribution in [0.5, 0.6) is 0 Å². The zero-order valence-corrected chi connectivity index (χ0v) is 8.88. The lowest BCUT2D eigenvalue weighted by Gasteiger charge is -2.13. The lowest BCUT2D eigenvalue weighted by atomic mass is 10.1. The van der Waals surface area contributed by atoms with Crippen LogP contribution in [0.3, 0.4) is 0 Å². The molecule has 13 heavy (non-hydrogen) atoms. The molecule has 4 N–H and O–H groups in total. The number of halogens is 1. The standard InChI is InChI=1S/C7H8BrNO3S/c8-4-2-13-1-3(4)5(10)6(11)7(9)12/h1-2,5-6,10-11H,(H2,9,12). The van der Waals surface area contributed by atoms with Gasteiger partial charge < -0.3 is 15.9 Å². The van der Waals surface area contributed by atoms with Crippen molar-refractivity contribution in [1.82, 2.24) is 0 Å². The third-order valence-electron chi connectivity index (χ3n) is 1.55. The minimum atomic E-state index is -1.56.